The second-order valence-corrected chi connectivity index (χ2v) is 5.17. The van der Waals surface area contributed by atoms with Crippen molar-refractivity contribution in [1.29, 1.82) is 5.26 Å². The van der Waals surface area contributed by atoms with Crippen LogP contribution in [0, 0.1) is 17.1 Å². The number of nitriles is 1. The van der Waals surface area contributed by atoms with Crippen molar-refractivity contribution in [2.45, 2.75) is 13.0 Å². The molecule has 0 aliphatic heterocycles. The Morgan fingerprint density at radius 3 is 2.77 bits per heavy atom. The van der Waals surface area contributed by atoms with E-state index in [9.17, 15) is 9.65 Å². The van der Waals surface area contributed by atoms with Gasteiger partial charge in [0.15, 0.2) is 10.8 Å². The lowest BCUT2D eigenvalue weighted by Crippen LogP contribution is -2.09. The van der Waals surface area contributed by atoms with Gasteiger partial charge in [0.05, 0.1) is 17.3 Å². The summed E-state index contributed by atoms with van der Waals surface area (Å²) in [5.74, 6) is -0.294. The van der Waals surface area contributed by atoms with E-state index in [-0.39, 0.29) is 22.6 Å². The molecule has 3 aromatic rings. The summed E-state index contributed by atoms with van der Waals surface area (Å²) < 4.78 is 13.0. The molecule has 7 heteroatoms. The van der Waals surface area contributed by atoms with Crippen LogP contribution in [0.2, 0.25) is 5.15 Å². The summed E-state index contributed by atoms with van der Waals surface area (Å²) in [5, 5.41) is 20.0. The zero-order valence-electron chi connectivity index (χ0n) is 11.6. The Hall–Kier alpha value is -2.65. The number of rotatable bonds is 3. The summed E-state index contributed by atoms with van der Waals surface area (Å²) in [7, 11) is 0. The normalized spacial score (nSPS) is 12.1. The minimum Gasteiger partial charge on any atom is -0.377 e. The fourth-order valence-corrected chi connectivity index (χ4v) is 2.46. The van der Waals surface area contributed by atoms with Gasteiger partial charge >= 0.3 is 0 Å². The van der Waals surface area contributed by atoms with E-state index in [0.717, 1.165) is 5.56 Å². The van der Waals surface area contributed by atoms with Crippen LogP contribution in [0.4, 0.5) is 10.1 Å². The predicted molar refractivity (Wildman–Crippen MR) is 82.1 cm³/mol. The average Bonchev–Trinajstić information content (AvgIpc) is 2.96. The molecule has 1 unspecified atom stereocenters. The van der Waals surface area contributed by atoms with Crippen LogP contribution in [0.1, 0.15) is 24.1 Å². The highest BCUT2D eigenvalue weighted by Crippen LogP contribution is 2.32. The molecule has 0 radical (unpaired) electrons. The molecule has 0 amide bonds. The molecule has 0 aliphatic rings. The van der Waals surface area contributed by atoms with E-state index in [4.69, 9.17) is 11.6 Å². The lowest BCUT2D eigenvalue weighted by atomic mass is 10.1. The first-order valence-corrected chi connectivity index (χ1v) is 6.92. The number of hydrogen-bond acceptors (Lipinski definition) is 4. The molecular weight excluding hydrogens is 305 g/mol. The van der Waals surface area contributed by atoms with Crippen molar-refractivity contribution in [2.75, 3.05) is 5.32 Å². The van der Waals surface area contributed by atoms with Gasteiger partial charge in [-0.2, -0.15) is 10.4 Å². The summed E-state index contributed by atoms with van der Waals surface area (Å²) in [6.45, 7) is 1.91. The van der Waals surface area contributed by atoms with Crippen molar-refractivity contribution in [3.63, 3.8) is 0 Å². The number of benzene rings is 1. The summed E-state index contributed by atoms with van der Waals surface area (Å²) in [4.78, 5) is 4.09. The number of aromatic amines is 1. The van der Waals surface area contributed by atoms with Crippen molar-refractivity contribution in [2.24, 2.45) is 0 Å². The molecule has 2 heterocycles. The van der Waals surface area contributed by atoms with E-state index in [1.807, 2.05) is 6.92 Å². The first-order valence-electron chi connectivity index (χ1n) is 6.55. The maximum Gasteiger partial charge on any atom is 0.159 e. The highest BCUT2D eigenvalue weighted by Gasteiger charge is 2.17. The number of H-pyrrole nitrogens is 1. The second kappa shape index (κ2) is 5.62. The lowest BCUT2D eigenvalue weighted by Gasteiger charge is -2.17. The van der Waals surface area contributed by atoms with Crippen LogP contribution in [-0.4, -0.2) is 15.2 Å². The highest BCUT2D eigenvalue weighted by atomic mass is 35.5. The summed E-state index contributed by atoms with van der Waals surface area (Å²) in [5.41, 5.74) is 2.19. The maximum atomic E-state index is 13.0. The number of nitrogens with zero attached hydrogens (tertiary/aromatic N) is 3. The molecule has 0 spiro atoms. The number of nitrogens with one attached hydrogen (secondary N) is 2. The summed E-state index contributed by atoms with van der Waals surface area (Å²) in [6, 6.07) is 8.07. The zero-order chi connectivity index (χ0) is 15.7. The van der Waals surface area contributed by atoms with Gasteiger partial charge in [-0.25, -0.2) is 9.37 Å². The number of hydrogen-bond donors (Lipinski definition) is 2. The number of fused-ring (bicyclic) bond motifs is 1. The quantitative estimate of drug-likeness (QED) is 0.721. The van der Waals surface area contributed by atoms with Gasteiger partial charge in [0.25, 0.3) is 0 Å². The standard InChI is InChI=1S/C15H11ClFN5/c1-8(9-2-4-10(17)5-3-9)20-13-11(6-18)14(16)21-15-12(13)7-19-22-15/h2-5,7-8H,1H3,(H2,19,20,21,22). The van der Waals surface area contributed by atoms with Crippen molar-refractivity contribution in [3.8, 4) is 6.07 Å². The van der Waals surface area contributed by atoms with Crippen LogP contribution in [0.5, 0.6) is 0 Å². The van der Waals surface area contributed by atoms with Gasteiger partial charge in [-0.05, 0) is 24.6 Å². The smallest absolute Gasteiger partial charge is 0.159 e. The summed E-state index contributed by atoms with van der Waals surface area (Å²) >= 11 is 6.04. The van der Waals surface area contributed by atoms with Crippen LogP contribution in [0.15, 0.2) is 30.5 Å². The van der Waals surface area contributed by atoms with Gasteiger partial charge < -0.3 is 5.32 Å². The van der Waals surface area contributed by atoms with E-state index in [0.29, 0.717) is 16.7 Å². The van der Waals surface area contributed by atoms with Crippen molar-refractivity contribution < 1.29 is 4.39 Å². The molecule has 0 saturated carbocycles. The van der Waals surface area contributed by atoms with Crippen molar-refractivity contribution in [1.82, 2.24) is 15.2 Å². The van der Waals surface area contributed by atoms with Gasteiger partial charge in [-0.3, -0.25) is 5.10 Å². The second-order valence-electron chi connectivity index (χ2n) is 4.81. The van der Waals surface area contributed by atoms with Gasteiger partial charge in [0.2, 0.25) is 0 Å². The molecule has 0 bridgehead atoms. The third kappa shape index (κ3) is 2.47. The molecule has 110 valence electrons. The van der Waals surface area contributed by atoms with Gasteiger partial charge in [-0.15, -0.1) is 0 Å². The molecule has 1 atom stereocenters. The maximum absolute atomic E-state index is 13.0. The molecule has 5 nitrogen and oxygen atoms in total. The van der Waals surface area contributed by atoms with Crippen LogP contribution < -0.4 is 5.32 Å². The van der Waals surface area contributed by atoms with E-state index in [1.165, 1.54) is 12.1 Å². The zero-order valence-corrected chi connectivity index (χ0v) is 12.3. The van der Waals surface area contributed by atoms with Crippen molar-refractivity contribution >= 4 is 28.3 Å². The monoisotopic (exact) mass is 315 g/mol. The van der Waals surface area contributed by atoms with E-state index in [1.54, 1.807) is 18.3 Å². The van der Waals surface area contributed by atoms with Gasteiger partial charge in [0, 0.05) is 6.04 Å². The average molecular weight is 316 g/mol. The Morgan fingerprint density at radius 2 is 2.09 bits per heavy atom. The first-order chi connectivity index (χ1) is 10.6. The molecule has 2 N–H and O–H groups in total. The Balaban J connectivity index is 2.04. The van der Waals surface area contributed by atoms with E-state index in [2.05, 4.69) is 26.6 Å². The summed E-state index contributed by atoms with van der Waals surface area (Å²) in [6.07, 6.45) is 1.58. The fraction of sp³-hybridized carbons (Fsp3) is 0.133. The number of halogens is 2. The minimum atomic E-state index is -0.294. The van der Waals surface area contributed by atoms with Crippen LogP contribution in [0.3, 0.4) is 0 Å². The fourth-order valence-electron chi connectivity index (χ4n) is 2.24. The Morgan fingerprint density at radius 1 is 1.36 bits per heavy atom. The Kier molecular flexibility index (Phi) is 3.65. The highest BCUT2D eigenvalue weighted by molar-refractivity contribution is 6.31. The largest absolute Gasteiger partial charge is 0.377 e. The predicted octanol–water partition coefficient (Wildman–Crippen LogP) is 3.80. The molecule has 1 aromatic carbocycles. The first kappa shape index (κ1) is 14.3. The van der Waals surface area contributed by atoms with Gasteiger partial charge in [-0.1, -0.05) is 23.7 Å². The van der Waals surface area contributed by atoms with Gasteiger partial charge in [0.1, 0.15) is 17.4 Å². The molecule has 0 saturated heterocycles. The molecule has 0 fully saturated rings. The Bertz CT molecular complexity index is 866. The van der Waals surface area contributed by atoms with Crippen molar-refractivity contribution in [3.05, 3.63) is 52.6 Å². The lowest BCUT2D eigenvalue weighted by molar-refractivity contribution is 0.626. The SMILES string of the molecule is CC(Nc1c(C#N)c(Cl)nc2[nH]ncc12)c1ccc(F)cc1. The van der Waals surface area contributed by atoms with Crippen LogP contribution >= 0.6 is 11.6 Å². The topological polar surface area (TPSA) is 77.4 Å². The number of anilines is 1. The number of pyridine rings is 1. The molecule has 0 aliphatic carbocycles. The molecule has 2 aromatic heterocycles. The third-order valence-corrected chi connectivity index (χ3v) is 3.67. The van der Waals surface area contributed by atoms with E-state index < -0.39 is 0 Å². The molecule has 22 heavy (non-hydrogen) atoms. The van der Waals surface area contributed by atoms with Crippen LogP contribution in [0.25, 0.3) is 11.0 Å². The minimum absolute atomic E-state index is 0.105. The third-order valence-electron chi connectivity index (χ3n) is 3.40. The Labute approximate surface area is 130 Å². The molecular formula is C15H11ClFN5. The van der Waals surface area contributed by atoms with Crippen LogP contribution in [-0.2, 0) is 0 Å². The van der Waals surface area contributed by atoms with E-state index >= 15 is 0 Å². The number of aromatic nitrogens is 3. The molecule has 3 rings (SSSR count).